The van der Waals surface area contributed by atoms with Crippen LogP contribution < -0.4 is 29.1 Å². The minimum atomic E-state index is -0.674. The summed E-state index contributed by atoms with van der Waals surface area (Å²) < 4.78 is 18.9. The van der Waals surface area contributed by atoms with Crippen LogP contribution in [-0.2, 0) is 4.79 Å². The van der Waals surface area contributed by atoms with Gasteiger partial charge >= 0.3 is 0 Å². The number of allylic oxidation sites excluding steroid dienone is 1. The van der Waals surface area contributed by atoms with Crippen molar-refractivity contribution >= 4 is 23.3 Å². The van der Waals surface area contributed by atoms with E-state index >= 15 is 0 Å². The molecule has 200 valence electrons. The molecule has 0 fully saturated rings. The first-order valence-electron chi connectivity index (χ1n) is 12.6. The fourth-order valence-corrected chi connectivity index (χ4v) is 5.71. The smallest absolute Gasteiger partial charge is 0.271 e. The van der Waals surface area contributed by atoms with Gasteiger partial charge in [-0.25, -0.2) is 4.99 Å². The highest BCUT2D eigenvalue weighted by Crippen LogP contribution is 2.36. The number of hydrogen-bond acceptors (Lipinski definition) is 7. The van der Waals surface area contributed by atoms with E-state index in [1.807, 2.05) is 76.2 Å². The van der Waals surface area contributed by atoms with E-state index in [1.54, 1.807) is 23.7 Å². The first-order chi connectivity index (χ1) is 18.4. The standard InChI is InChI=1S/C29H33N3O5S/c1-7-31(8-2)28(34)25-18(4)30-29-32(26(25)20-12-10-11-13-21(20)35-5)27(33)24(38-29)17-19-14-15-22(37-9-3)23(16-19)36-6/h10-17,26H,7-9H2,1-6H3/b24-17+/t26-/m1/s1. The Balaban J connectivity index is 1.95. The molecule has 0 unspecified atom stereocenters. The van der Waals surface area contributed by atoms with Crippen molar-refractivity contribution in [2.24, 2.45) is 4.99 Å². The number of fused-ring (bicyclic) bond motifs is 1. The highest BCUT2D eigenvalue weighted by Gasteiger charge is 2.35. The number of aromatic nitrogens is 1. The highest BCUT2D eigenvalue weighted by molar-refractivity contribution is 7.07. The quantitative estimate of drug-likeness (QED) is 0.419. The van der Waals surface area contributed by atoms with Crippen LogP contribution in [0.2, 0.25) is 0 Å². The molecule has 9 heteroatoms. The molecular weight excluding hydrogens is 502 g/mol. The van der Waals surface area contributed by atoms with Crippen LogP contribution in [0.15, 0.2) is 63.5 Å². The fourth-order valence-electron chi connectivity index (χ4n) is 4.66. The summed E-state index contributed by atoms with van der Waals surface area (Å²) in [6.45, 7) is 9.24. The van der Waals surface area contributed by atoms with Crippen molar-refractivity contribution in [3.8, 4) is 17.2 Å². The van der Waals surface area contributed by atoms with E-state index in [0.717, 1.165) is 11.1 Å². The Labute approximate surface area is 226 Å². The van der Waals surface area contributed by atoms with Crippen LogP contribution in [0.3, 0.4) is 0 Å². The van der Waals surface area contributed by atoms with E-state index in [1.165, 1.54) is 11.3 Å². The molecule has 2 aromatic carbocycles. The maximum atomic E-state index is 13.9. The van der Waals surface area contributed by atoms with E-state index in [0.29, 0.717) is 57.5 Å². The lowest BCUT2D eigenvalue weighted by atomic mass is 9.94. The lowest BCUT2D eigenvalue weighted by molar-refractivity contribution is -0.127. The maximum Gasteiger partial charge on any atom is 0.271 e. The molecule has 0 spiro atoms. The number of nitrogens with zero attached hydrogens (tertiary/aromatic N) is 3. The summed E-state index contributed by atoms with van der Waals surface area (Å²) in [5.74, 6) is 1.68. The van der Waals surface area contributed by atoms with Crippen molar-refractivity contribution in [3.63, 3.8) is 0 Å². The van der Waals surface area contributed by atoms with Crippen molar-refractivity contribution < 1.29 is 19.0 Å². The summed E-state index contributed by atoms with van der Waals surface area (Å²) in [6, 6.07) is 12.4. The average molecular weight is 536 g/mol. The van der Waals surface area contributed by atoms with Crippen molar-refractivity contribution in [3.05, 3.63) is 84.5 Å². The van der Waals surface area contributed by atoms with Gasteiger partial charge in [-0.05, 0) is 57.5 Å². The Hall–Kier alpha value is -3.85. The molecule has 1 amide bonds. The fraction of sp³-hybridized carbons (Fsp3) is 0.345. The predicted molar refractivity (Wildman–Crippen MR) is 149 cm³/mol. The molecule has 3 aromatic rings. The molecule has 0 radical (unpaired) electrons. The van der Waals surface area contributed by atoms with Gasteiger partial charge in [0.1, 0.15) is 11.8 Å². The summed E-state index contributed by atoms with van der Waals surface area (Å²) >= 11 is 1.29. The number of para-hydroxylation sites is 1. The zero-order chi connectivity index (χ0) is 27.4. The van der Waals surface area contributed by atoms with E-state index in [2.05, 4.69) is 0 Å². The third-order valence-electron chi connectivity index (χ3n) is 6.52. The van der Waals surface area contributed by atoms with E-state index in [9.17, 15) is 9.59 Å². The molecule has 1 atom stereocenters. The van der Waals surface area contributed by atoms with Crippen molar-refractivity contribution in [2.75, 3.05) is 33.9 Å². The molecule has 0 aliphatic carbocycles. The number of methoxy groups -OCH3 is 2. The molecule has 0 N–H and O–H groups in total. The van der Waals surface area contributed by atoms with Gasteiger partial charge in [0, 0.05) is 18.7 Å². The SMILES string of the molecule is CCOc1ccc(/C=c2/sc3n(c2=O)[C@H](c2ccccc2OC)C(C(=O)N(CC)CC)=C(C)N=3)cc1OC. The highest BCUT2D eigenvalue weighted by atomic mass is 32.1. The molecule has 38 heavy (non-hydrogen) atoms. The Kier molecular flexibility index (Phi) is 8.36. The topological polar surface area (TPSA) is 82.4 Å². The van der Waals surface area contributed by atoms with Crippen LogP contribution >= 0.6 is 11.3 Å². The predicted octanol–water partition coefficient (Wildman–Crippen LogP) is 3.52. The van der Waals surface area contributed by atoms with E-state index < -0.39 is 6.04 Å². The van der Waals surface area contributed by atoms with Gasteiger partial charge in [-0.3, -0.25) is 14.2 Å². The molecule has 0 saturated heterocycles. The van der Waals surface area contributed by atoms with Gasteiger partial charge in [0.15, 0.2) is 16.3 Å². The van der Waals surface area contributed by atoms with Gasteiger partial charge < -0.3 is 19.1 Å². The lowest BCUT2D eigenvalue weighted by Gasteiger charge is -2.29. The number of benzene rings is 2. The van der Waals surface area contributed by atoms with Crippen molar-refractivity contribution in [1.29, 1.82) is 0 Å². The zero-order valence-electron chi connectivity index (χ0n) is 22.6. The summed E-state index contributed by atoms with van der Waals surface area (Å²) in [4.78, 5) is 34.7. The van der Waals surface area contributed by atoms with Crippen LogP contribution in [0, 0.1) is 0 Å². The van der Waals surface area contributed by atoms with Crippen LogP contribution in [0.5, 0.6) is 17.2 Å². The summed E-state index contributed by atoms with van der Waals surface area (Å²) in [7, 11) is 3.17. The second-order valence-electron chi connectivity index (χ2n) is 8.64. The molecule has 4 rings (SSSR count). The average Bonchev–Trinajstić information content (AvgIpc) is 3.23. The number of rotatable bonds is 9. The van der Waals surface area contributed by atoms with Crippen LogP contribution in [-0.4, -0.2) is 49.3 Å². The summed E-state index contributed by atoms with van der Waals surface area (Å²) in [5.41, 5.74) is 2.36. The largest absolute Gasteiger partial charge is 0.496 e. The molecule has 1 aliphatic rings. The number of ether oxygens (including phenoxy) is 3. The van der Waals surface area contributed by atoms with Gasteiger partial charge in [-0.15, -0.1) is 0 Å². The molecule has 0 saturated carbocycles. The van der Waals surface area contributed by atoms with Gasteiger partial charge in [0.2, 0.25) is 0 Å². The number of amides is 1. The number of thiazole rings is 1. The van der Waals surface area contributed by atoms with Gasteiger partial charge in [0.05, 0.1) is 36.6 Å². The Morgan fingerprint density at radius 3 is 2.42 bits per heavy atom. The third kappa shape index (κ3) is 4.98. The Morgan fingerprint density at radius 1 is 1.05 bits per heavy atom. The number of carbonyl (C=O) groups excluding carboxylic acids is 1. The lowest BCUT2D eigenvalue weighted by Crippen LogP contribution is -2.43. The minimum Gasteiger partial charge on any atom is -0.496 e. The van der Waals surface area contributed by atoms with Gasteiger partial charge in [-0.2, -0.15) is 0 Å². The molecule has 2 heterocycles. The summed E-state index contributed by atoms with van der Waals surface area (Å²) in [6.07, 6.45) is 1.81. The number of carbonyl (C=O) groups is 1. The van der Waals surface area contributed by atoms with Crippen LogP contribution in [0.25, 0.3) is 6.08 Å². The van der Waals surface area contributed by atoms with Gasteiger partial charge in [0.25, 0.3) is 11.5 Å². The normalized spacial score (nSPS) is 15.1. The van der Waals surface area contributed by atoms with Crippen molar-refractivity contribution in [2.45, 2.75) is 33.7 Å². The van der Waals surface area contributed by atoms with Crippen molar-refractivity contribution in [1.82, 2.24) is 9.47 Å². The van der Waals surface area contributed by atoms with Gasteiger partial charge in [-0.1, -0.05) is 35.6 Å². The minimum absolute atomic E-state index is 0.141. The first kappa shape index (κ1) is 27.2. The third-order valence-corrected chi connectivity index (χ3v) is 7.50. The molecular formula is C29H33N3O5S. The number of likely N-dealkylation sites (N-methyl/N-ethyl adjacent to an activating group) is 1. The molecule has 1 aromatic heterocycles. The maximum absolute atomic E-state index is 13.9. The molecule has 1 aliphatic heterocycles. The van der Waals surface area contributed by atoms with E-state index in [4.69, 9.17) is 19.2 Å². The van der Waals surface area contributed by atoms with Crippen LogP contribution in [0.4, 0.5) is 0 Å². The van der Waals surface area contributed by atoms with E-state index in [-0.39, 0.29) is 11.5 Å². The second-order valence-corrected chi connectivity index (χ2v) is 9.65. The molecule has 8 nitrogen and oxygen atoms in total. The monoisotopic (exact) mass is 535 g/mol. The Morgan fingerprint density at radius 2 is 1.76 bits per heavy atom. The number of hydrogen-bond donors (Lipinski definition) is 0. The second kappa shape index (κ2) is 11.7. The first-order valence-corrected chi connectivity index (χ1v) is 13.5. The molecule has 0 bridgehead atoms. The van der Waals surface area contributed by atoms with Crippen LogP contribution in [0.1, 0.15) is 44.9 Å². The summed E-state index contributed by atoms with van der Waals surface area (Å²) in [5, 5.41) is 0. The Bertz CT molecular complexity index is 1550. The zero-order valence-corrected chi connectivity index (χ0v) is 23.4.